The van der Waals surface area contributed by atoms with Crippen LogP contribution in [-0.4, -0.2) is 67.6 Å². The Balaban J connectivity index is 1.52. The molecule has 3 aromatic rings. The fraction of sp³-hybridized carbons (Fsp3) is 0.500. The van der Waals surface area contributed by atoms with E-state index in [-0.39, 0.29) is 29.3 Å². The Labute approximate surface area is 220 Å². The molecule has 3 N–H and O–H groups in total. The van der Waals surface area contributed by atoms with Crippen LogP contribution in [0.3, 0.4) is 0 Å². The molecule has 0 bridgehead atoms. The number of aromatic nitrogens is 4. The molecule has 5 rings (SSSR count). The Kier molecular flexibility index (Phi) is 6.82. The number of aliphatic hydroxyl groups excluding tert-OH is 1. The van der Waals surface area contributed by atoms with Crippen molar-refractivity contribution in [2.75, 3.05) is 17.3 Å². The zero-order chi connectivity index (χ0) is 27.0. The monoisotopic (exact) mass is 523 g/mol. The van der Waals surface area contributed by atoms with E-state index < -0.39 is 17.8 Å². The predicted molar refractivity (Wildman–Crippen MR) is 140 cm³/mol. The Bertz CT molecular complexity index is 1350. The van der Waals surface area contributed by atoms with E-state index in [1.54, 1.807) is 46.1 Å². The maximum atomic E-state index is 13.2. The molecule has 38 heavy (non-hydrogen) atoms. The minimum atomic E-state index is -0.704. The van der Waals surface area contributed by atoms with Crippen molar-refractivity contribution < 1.29 is 24.2 Å². The van der Waals surface area contributed by atoms with Crippen molar-refractivity contribution in [3.05, 3.63) is 36.2 Å². The van der Waals surface area contributed by atoms with Gasteiger partial charge in [-0.3, -0.25) is 9.69 Å². The number of nitrogens with zero attached hydrogens (tertiary/aromatic N) is 5. The molecule has 0 aliphatic heterocycles. The number of fused-ring (bicyclic) bond motifs is 1. The molecule has 12 nitrogen and oxygen atoms in total. The van der Waals surface area contributed by atoms with Crippen molar-refractivity contribution in [2.45, 2.75) is 76.7 Å². The van der Waals surface area contributed by atoms with Crippen molar-refractivity contribution >= 4 is 35.0 Å². The Morgan fingerprint density at radius 2 is 2.00 bits per heavy atom. The minimum absolute atomic E-state index is 0.129. The van der Waals surface area contributed by atoms with Gasteiger partial charge in [0.05, 0.1) is 12.3 Å². The number of nitrogens with one attached hydrogen (secondary N) is 2. The van der Waals surface area contributed by atoms with Crippen LogP contribution in [0.15, 0.2) is 30.6 Å². The van der Waals surface area contributed by atoms with Crippen molar-refractivity contribution in [2.24, 2.45) is 0 Å². The van der Waals surface area contributed by atoms with Crippen LogP contribution in [0.4, 0.5) is 22.1 Å². The fourth-order valence-corrected chi connectivity index (χ4v) is 4.25. The summed E-state index contributed by atoms with van der Waals surface area (Å²) in [6.07, 6.45) is 6.03. The van der Waals surface area contributed by atoms with Crippen LogP contribution in [0.25, 0.3) is 5.65 Å². The smallest absolute Gasteiger partial charge is 0.415 e. The number of amides is 2. The number of pyridine rings is 1. The van der Waals surface area contributed by atoms with E-state index >= 15 is 0 Å². The molecule has 2 amide bonds. The van der Waals surface area contributed by atoms with Gasteiger partial charge in [-0.2, -0.15) is 9.61 Å². The van der Waals surface area contributed by atoms with Crippen LogP contribution in [0.1, 0.15) is 63.2 Å². The average molecular weight is 524 g/mol. The van der Waals surface area contributed by atoms with Crippen LogP contribution in [-0.2, 0) is 4.74 Å². The summed E-state index contributed by atoms with van der Waals surface area (Å²) in [5, 5.41) is 20.4. The third kappa shape index (κ3) is 5.80. The predicted octanol–water partition coefficient (Wildman–Crippen LogP) is 3.42. The maximum Gasteiger partial charge on any atom is 0.415 e. The molecule has 0 unspecified atom stereocenters. The number of rotatable bonds is 7. The lowest BCUT2D eigenvalue weighted by atomic mass is 10.2. The van der Waals surface area contributed by atoms with Gasteiger partial charge in [0.2, 0.25) is 5.88 Å². The minimum Gasteiger partial charge on any atom is -0.473 e. The Morgan fingerprint density at radius 1 is 1.21 bits per heavy atom. The summed E-state index contributed by atoms with van der Waals surface area (Å²) in [6.45, 7) is 5.36. The summed E-state index contributed by atoms with van der Waals surface area (Å²) in [4.78, 5) is 36.5. The number of ether oxygens (including phenoxy) is 2. The van der Waals surface area contributed by atoms with E-state index in [2.05, 4.69) is 25.7 Å². The van der Waals surface area contributed by atoms with E-state index in [1.165, 1.54) is 15.6 Å². The second kappa shape index (κ2) is 10.1. The molecule has 2 aliphatic rings. The molecular weight excluding hydrogens is 490 g/mol. The number of carbonyl (C=O) groups is 2. The number of hydrogen-bond donors (Lipinski definition) is 3. The number of carbonyl (C=O) groups excluding carboxylic acids is 2. The van der Waals surface area contributed by atoms with Gasteiger partial charge in [0.15, 0.2) is 5.65 Å². The average Bonchev–Trinajstić information content (AvgIpc) is 3.41. The summed E-state index contributed by atoms with van der Waals surface area (Å²) >= 11 is 0. The van der Waals surface area contributed by atoms with Crippen molar-refractivity contribution in [3.8, 4) is 5.88 Å². The van der Waals surface area contributed by atoms with E-state index in [1.807, 2.05) is 6.07 Å². The van der Waals surface area contributed by atoms with Gasteiger partial charge in [0, 0.05) is 25.4 Å². The third-order valence-electron chi connectivity index (χ3n) is 6.29. The van der Waals surface area contributed by atoms with Crippen molar-refractivity contribution in [3.63, 3.8) is 0 Å². The summed E-state index contributed by atoms with van der Waals surface area (Å²) in [7, 11) is 1.57. The molecule has 0 saturated heterocycles. The van der Waals surface area contributed by atoms with Gasteiger partial charge >= 0.3 is 6.09 Å². The van der Waals surface area contributed by atoms with Crippen LogP contribution >= 0.6 is 0 Å². The molecule has 0 spiro atoms. The van der Waals surface area contributed by atoms with Gasteiger partial charge in [-0.25, -0.2) is 14.8 Å². The topological polar surface area (TPSA) is 143 Å². The Hall–Kier alpha value is -3.93. The molecule has 2 fully saturated rings. The third-order valence-corrected chi connectivity index (χ3v) is 6.29. The molecular formula is C26H33N7O5. The van der Waals surface area contributed by atoms with Gasteiger partial charge in [-0.15, -0.1) is 0 Å². The highest BCUT2D eigenvalue weighted by molar-refractivity contribution is 6.00. The molecule has 12 heteroatoms. The zero-order valence-electron chi connectivity index (χ0n) is 22.0. The lowest BCUT2D eigenvalue weighted by Crippen LogP contribution is -2.35. The van der Waals surface area contributed by atoms with E-state index in [0.29, 0.717) is 42.5 Å². The molecule has 0 aromatic carbocycles. The first-order valence-corrected chi connectivity index (χ1v) is 12.8. The van der Waals surface area contributed by atoms with Gasteiger partial charge in [-0.05, 0) is 65.0 Å². The van der Waals surface area contributed by atoms with E-state index in [9.17, 15) is 14.7 Å². The first kappa shape index (κ1) is 25.7. The molecule has 2 atom stereocenters. The van der Waals surface area contributed by atoms with Crippen LogP contribution < -0.4 is 20.3 Å². The summed E-state index contributed by atoms with van der Waals surface area (Å²) < 4.78 is 12.9. The van der Waals surface area contributed by atoms with Gasteiger partial charge in [-0.1, -0.05) is 0 Å². The summed E-state index contributed by atoms with van der Waals surface area (Å²) in [6, 6.07) is 5.12. The largest absolute Gasteiger partial charge is 0.473 e. The van der Waals surface area contributed by atoms with Crippen LogP contribution in [0, 0.1) is 0 Å². The lowest BCUT2D eigenvalue weighted by molar-refractivity contribution is 0.0587. The summed E-state index contributed by atoms with van der Waals surface area (Å²) in [5.74, 6) is 0.803. The lowest BCUT2D eigenvalue weighted by Gasteiger charge is -2.25. The quantitative estimate of drug-likeness (QED) is 0.424. The second-order valence-corrected chi connectivity index (χ2v) is 10.8. The van der Waals surface area contributed by atoms with Crippen molar-refractivity contribution in [1.29, 1.82) is 0 Å². The van der Waals surface area contributed by atoms with Gasteiger partial charge < -0.3 is 25.2 Å². The normalized spacial score (nSPS) is 19.3. The Morgan fingerprint density at radius 3 is 2.68 bits per heavy atom. The standard InChI is InChI=1S/C26H33N7O5/c1-26(2,3)38-25(36)32(4)21-13-20(30-19-6-5-11-27-24(19)37-17-9-10-17)31-22-18(14-28-33(21)22)23(35)29-15-7-8-16(34)12-15/h5-6,11,13-17,34H,7-10,12H2,1-4H3,(H,29,35)(H,30,31)/t15-,16-/m0/s1. The molecule has 3 heterocycles. The highest BCUT2D eigenvalue weighted by Crippen LogP contribution is 2.32. The number of aliphatic hydroxyl groups is 1. The zero-order valence-corrected chi connectivity index (χ0v) is 22.0. The molecule has 0 radical (unpaired) electrons. The summed E-state index contributed by atoms with van der Waals surface area (Å²) in [5.41, 5.74) is 0.400. The molecule has 3 aromatic heterocycles. The number of hydrogen-bond acceptors (Lipinski definition) is 9. The van der Waals surface area contributed by atoms with Crippen LogP contribution in [0.2, 0.25) is 0 Å². The molecule has 2 saturated carbocycles. The molecule has 202 valence electrons. The second-order valence-electron chi connectivity index (χ2n) is 10.8. The maximum absolute atomic E-state index is 13.2. The fourth-order valence-electron chi connectivity index (χ4n) is 4.25. The van der Waals surface area contributed by atoms with E-state index in [0.717, 1.165) is 12.8 Å². The van der Waals surface area contributed by atoms with E-state index in [4.69, 9.17) is 9.47 Å². The SMILES string of the molecule is CN(C(=O)OC(C)(C)C)c1cc(Nc2cccnc2OC2CC2)nc2c(C(=O)N[C@H]3CC[C@H](O)C3)cnn12. The van der Waals surface area contributed by atoms with Crippen LogP contribution in [0.5, 0.6) is 5.88 Å². The highest BCUT2D eigenvalue weighted by atomic mass is 16.6. The van der Waals surface area contributed by atoms with Gasteiger partial charge in [0.1, 0.15) is 34.6 Å². The van der Waals surface area contributed by atoms with Crippen molar-refractivity contribution in [1.82, 2.24) is 24.9 Å². The van der Waals surface area contributed by atoms with Gasteiger partial charge in [0.25, 0.3) is 5.91 Å². The first-order valence-electron chi connectivity index (χ1n) is 12.8. The highest BCUT2D eigenvalue weighted by Gasteiger charge is 2.29. The number of anilines is 3. The molecule has 2 aliphatic carbocycles. The first-order chi connectivity index (χ1) is 18.1.